The van der Waals surface area contributed by atoms with E-state index in [0.717, 1.165) is 5.01 Å². The molecule has 0 atom stereocenters. The number of Topliss-reactive ketones (excluding diaryl/α,β-unsaturated/α-hetero) is 1. The van der Waals surface area contributed by atoms with E-state index in [1.165, 1.54) is 20.2 Å². The van der Waals surface area contributed by atoms with Crippen molar-refractivity contribution in [1.29, 1.82) is 0 Å². The predicted octanol–water partition coefficient (Wildman–Crippen LogP) is 1.53. The third-order valence-corrected chi connectivity index (χ3v) is 2.35. The Balaban J connectivity index is 3.09. The Kier molecular flexibility index (Phi) is 4.45. The van der Waals surface area contributed by atoms with Crippen molar-refractivity contribution in [1.82, 2.24) is 4.98 Å². The zero-order valence-electron chi connectivity index (χ0n) is 9.71. The van der Waals surface area contributed by atoms with Gasteiger partial charge >= 0.3 is 0 Å². The molecule has 0 saturated heterocycles. The number of aryl methyl sites for hydroxylation is 1. The molecule has 6 heteroatoms. The van der Waals surface area contributed by atoms with Gasteiger partial charge in [0.25, 0.3) is 0 Å². The maximum absolute atomic E-state index is 11.0. The van der Waals surface area contributed by atoms with Gasteiger partial charge < -0.3 is 4.79 Å². The summed E-state index contributed by atoms with van der Waals surface area (Å²) in [7, 11) is 1.41. The highest BCUT2D eigenvalue weighted by Gasteiger charge is 2.13. The smallest absolute Gasteiger partial charge is 0.162 e. The van der Waals surface area contributed by atoms with Crippen molar-refractivity contribution in [3.05, 3.63) is 28.3 Å². The number of nitrogens with zero attached hydrogens (tertiary/aromatic N) is 3. The van der Waals surface area contributed by atoms with Crippen molar-refractivity contribution >= 4 is 17.9 Å². The van der Waals surface area contributed by atoms with Gasteiger partial charge in [0.1, 0.15) is 5.78 Å². The maximum atomic E-state index is 11.0. The van der Waals surface area contributed by atoms with Crippen LogP contribution in [-0.2, 0) is 11.2 Å². The molecule has 0 aliphatic carbocycles. The number of nitroso groups, excluding NO2 is 1. The van der Waals surface area contributed by atoms with Crippen molar-refractivity contribution in [2.45, 2.75) is 19.8 Å². The van der Waals surface area contributed by atoms with Gasteiger partial charge in [0.05, 0.1) is 10.8 Å². The van der Waals surface area contributed by atoms with Crippen LogP contribution in [0.15, 0.2) is 17.5 Å². The standard InChI is InChI=1S/C11H13N3O3/c1-8(16)3-4-9-5-6-12-11(10(9)7-15)14(2)13-17/h5-7H,3-4H2,1-2H3. The topological polar surface area (TPSA) is 79.7 Å². The molecule has 0 amide bonds. The number of pyridine rings is 1. The van der Waals surface area contributed by atoms with Crippen molar-refractivity contribution in [3.63, 3.8) is 0 Å². The minimum absolute atomic E-state index is 0.0436. The lowest BCUT2D eigenvalue weighted by molar-refractivity contribution is -0.116. The lowest BCUT2D eigenvalue weighted by Gasteiger charge is -2.12. The fraction of sp³-hybridized carbons (Fsp3) is 0.364. The first-order chi connectivity index (χ1) is 8.10. The molecule has 1 rings (SSSR count). The molecule has 0 bridgehead atoms. The van der Waals surface area contributed by atoms with E-state index in [1.54, 1.807) is 6.07 Å². The van der Waals surface area contributed by atoms with Gasteiger partial charge in [0, 0.05) is 19.7 Å². The average Bonchev–Trinajstić information content (AvgIpc) is 2.34. The van der Waals surface area contributed by atoms with Gasteiger partial charge in [-0.25, -0.2) is 9.99 Å². The molecule has 0 aliphatic heterocycles. The molecule has 0 aliphatic rings. The van der Waals surface area contributed by atoms with E-state index in [0.29, 0.717) is 30.3 Å². The van der Waals surface area contributed by atoms with E-state index in [2.05, 4.69) is 10.3 Å². The second kappa shape index (κ2) is 5.83. The molecular formula is C11H13N3O3. The fourth-order valence-corrected chi connectivity index (χ4v) is 1.45. The number of rotatable bonds is 6. The fourth-order valence-electron chi connectivity index (χ4n) is 1.45. The Morgan fingerprint density at radius 2 is 2.29 bits per heavy atom. The molecule has 1 aromatic heterocycles. The molecule has 0 fully saturated rings. The van der Waals surface area contributed by atoms with E-state index in [9.17, 15) is 14.5 Å². The van der Waals surface area contributed by atoms with E-state index in [1.807, 2.05) is 0 Å². The highest BCUT2D eigenvalue weighted by atomic mass is 16.3. The van der Waals surface area contributed by atoms with Gasteiger partial charge in [0.2, 0.25) is 0 Å². The summed E-state index contributed by atoms with van der Waals surface area (Å²) < 4.78 is 0. The molecule has 0 saturated carbocycles. The van der Waals surface area contributed by atoms with Crippen LogP contribution < -0.4 is 5.01 Å². The van der Waals surface area contributed by atoms with Crippen LogP contribution in [0.3, 0.4) is 0 Å². The lowest BCUT2D eigenvalue weighted by atomic mass is 10.0. The molecule has 1 heterocycles. The van der Waals surface area contributed by atoms with Gasteiger partial charge in [0.15, 0.2) is 12.1 Å². The summed E-state index contributed by atoms with van der Waals surface area (Å²) in [4.78, 5) is 36.3. The van der Waals surface area contributed by atoms with Crippen LogP contribution in [0.4, 0.5) is 5.82 Å². The summed E-state index contributed by atoms with van der Waals surface area (Å²) in [6.45, 7) is 1.49. The molecule has 0 unspecified atom stereocenters. The maximum Gasteiger partial charge on any atom is 0.162 e. The molecule has 17 heavy (non-hydrogen) atoms. The summed E-state index contributed by atoms with van der Waals surface area (Å²) in [5.74, 6) is 0.248. The number of hydrogen-bond donors (Lipinski definition) is 0. The number of aldehydes is 1. The van der Waals surface area contributed by atoms with Gasteiger partial charge in [-0.3, -0.25) is 4.79 Å². The number of hydrogen-bond acceptors (Lipinski definition) is 5. The largest absolute Gasteiger partial charge is 0.300 e. The second-order valence-electron chi connectivity index (χ2n) is 3.63. The first-order valence-corrected chi connectivity index (χ1v) is 5.09. The van der Waals surface area contributed by atoms with Crippen molar-refractivity contribution < 1.29 is 9.59 Å². The summed E-state index contributed by atoms with van der Waals surface area (Å²) in [6.07, 6.45) is 2.91. The average molecular weight is 235 g/mol. The molecule has 1 aromatic rings. The van der Waals surface area contributed by atoms with Crippen LogP contribution >= 0.6 is 0 Å². The first kappa shape index (κ1) is 13.0. The molecule has 0 spiro atoms. The van der Waals surface area contributed by atoms with Crippen LogP contribution in [0, 0.1) is 4.91 Å². The Morgan fingerprint density at radius 1 is 1.59 bits per heavy atom. The van der Waals surface area contributed by atoms with Crippen LogP contribution in [0.2, 0.25) is 0 Å². The number of carbonyl (C=O) groups excluding carboxylic acids is 2. The Bertz CT molecular complexity index is 446. The number of carbonyl (C=O) groups is 2. The van der Waals surface area contributed by atoms with E-state index in [4.69, 9.17) is 0 Å². The SMILES string of the molecule is CC(=O)CCc1ccnc(N(C)N=O)c1C=O. The monoisotopic (exact) mass is 235 g/mol. The van der Waals surface area contributed by atoms with E-state index < -0.39 is 0 Å². The molecule has 0 N–H and O–H groups in total. The Hall–Kier alpha value is -2.11. The summed E-state index contributed by atoms with van der Waals surface area (Å²) >= 11 is 0. The van der Waals surface area contributed by atoms with Crippen molar-refractivity contribution in [3.8, 4) is 0 Å². The Morgan fingerprint density at radius 3 is 2.82 bits per heavy atom. The second-order valence-corrected chi connectivity index (χ2v) is 3.63. The molecule has 0 radical (unpaired) electrons. The first-order valence-electron chi connectivity index (χ1n) is 5.09. The van der Waals surface area contributed by atoms with Gasteiger partial charge in [-0.05, 0) is 25.0 Å². The third-order valence-electron chi connectivity index (χ3n) is 2.35. The number of ketones is 1. The zero-order chi connectivity index (χ0) is 12.8. The Labute approximate surface area is 98.6 Å². The van der Waals surface area contributed by atoms with E-state index >= 15 is 0 Å². The number of anilines is 1. The van der Waals surface area contributed by atoms with Crippen molar-refractivity contribution in [2.75, 3.05) is 12.1 Å². The summed E-state index contributed by atoms with van der Waals surface area (Å²) in [6, 6.07) is 1.66. The highest BCUT2D eigenvalue weighted by molar-refractivity contribution is 5.85. The molecule has 0 aromatic carbocycles. The minimum Gasteiger partial charge on any atom is -0.300 e. The van der Waals surface area contributed by atoms with E-state index in [-0.39, 0.29) is 11.6 Å². The molecule has 6 nitrogen and oxygen atoms in total. The number of aromatic nitrogens is 1. The van der Waals surface area contributed by atoms with Gasteiger partial charge in [-0.2, -0.15) is 0 Å². The van der Waals surface area contributed by atoms with Crippen molar-refractivity contribution in [2.24, 2.45) is 5.29 Å². The predicted molar refractivity (Wildman–Crippen MR) is 62.8 cm³/mol. The van der Waals surface area contributed by atoms with Crippen LogP contribution in [-0.4, -0.2) is 24.1 Å². The summed E-state index contributed by atoms with van der Waals surface area (Å²) in [5.41, 5.74) is 0.992. The lowest BCUT2D eigenvalue weighted by Crippen LogP contribution is -2.13. The quantitative estimate of drug-likeness (QED) is 0.424. The molecule has 90 valence electrons. The van der Waals surface area contributed by atoms with Crippen LogP contribution in [0.5, 0.6) is 0 Å². The minimum atomic E-state index is 0.0436. The zero-order valence-corrected chi connectivity index (χ0v) is 9.71. The van der Waals surface area contributed by atoms with Gasteiger partial charge in [-0.15, -0.1) is 4.91 Å². The van der Waals surface area contributed by atoms with Gasteiger partial charge in [-0.1, -0.05) is 0 Å². The molecular weight excluding hydrogens is 222 g/mol. The van der Waals surface area contributed by atoms with Crippen LogP contribution in [0.1, 0.15) is 29.3 Å². The normalized spacial score (nSPS) is 9.76. The van der Waals surface area contributed by atoms with Crippen LogP contribution in [0.25, 0.3) is 0 Å². The highest BCUT2D eigenvalue weighted by Crippen LogP contribution is 2.20. The third kappa shape index (κ3) is 3.17. The summed E-state index contributed by atoms with van der Waals surface area (Å²) in [5, 5.41) is 3.69.